The highest BCUT2D eigenvalue weighted by Crippen LogP contribution is 2.18. The van der Waals surface area contributed by atoms with Crippen LogP contribution in [-0.4, -0.2) is 51.5 Å². The van der Waals surface area contributed by atoms with E-state index in [2.05, 4.69) is 20.9 Å². The Hall–Kier alpha value is -0.790. The summed E-state index contributed by atoms with van der Waals surface area (Å²) in [5.41, 5.74) is 0.446. The van der Waals surface area contributed by atoms with Crippen LogP contribution in [-0.2, 0) is 0 Å². The van der Waals surface area contributed by atoms with Gasteiger partial charge in [0.05, 0.1) is 12.2 Å². The third-order valence-corrected chi connectivity index (χ3v) is 5.03. The molecule has 6 nitrogen and oxygen atoms in total. The van der Waals surface area contributed by atoms with Gasteiger partial charge in [0.1, 0.15) is 0 Å². The Bertz CT molecular complexity index is 457. The van der Waals surface area contributed by atoms with E-state index < -0.39 is 0 Å². The van der Waals surface area contributed by atoms with E-state index in [0.717, 1.165) is 50.3 Å². The molecule has 0 aromatic carbocycles. The number of carbonyl (C=O) groups is 1. The number of amides is 1. The van der Waals surface area contributed by atoms with Crippen LogP contribution in [0, 0.1) is 0 Å². The number of thioether (sulfide) groups is 1. The Morgan fingerprint density at radius 2 is 2.00 bits per heavy atom. The predicted molar refractivity (Wildman–Crippen MR) is 86.2 cm³/mol. The Balaban J connectivity index is 0.00000161. The van der Waals surface area contributed by atoms with Crippen LogP contribution in [0.2, 0.25) is 0 Å². The van der Waals surface area contributed by atoms with Gasteiger partial charge in [0.25, 0.3) is 5.91 Å². The fourth-order valence-electron chi connectivity index (χ4n) is 2.73. The minimum Gasteiger partial charge on any atom is -0.348 e. The molecule has 0 aliphatic carbocycles. The predicted octanol–water partition coefficient (Wildman–Crippen LogP) is 1.25. The highest BCUT2D eigenvalue weighted by molar-refractivity contribution is 7.99. The maximum atomic E-state index is 12.2. The lowest BCUT2D eigenvalue weighted by molar-refractivity contribution is 0.0929. The molecule has 1 amide bonds. The van der Waals surface area contributed by atoms with Gasteiger partial charge < -0.3 is 10.6 Å². The van der Waals surface area contributed by atoms with E-state index in [-0.39, 0.29) is 18.3 Å². The number of nitrogens with one attached hydrogen (secondary N) is 2. The molecule has 118 valence electrons. The number of hydrogen-bond donors (Lipinski definition) is 2. The average molecular weight is 332 g/mol. The Kier molecular flexibility index (Phi) is 6.32. The Morgan fingerprint density at radius 1 is 1.29 bits per heavy atom. The molecule has 3 rings (SSSR count). The molecule has 0 saturated carbocycles. The van der Waals surface area contributed by atoms with Crippen LogP contribution in [0.3, 0.4) is 0 Å². The zero-order chi connectivity index (χ0) is 13.8. The summed E-state index contributed by atoms with van der Waals surface area (Å²) < 4.78 is 1.85. The second-order valence-electron chi connectivity index (χ2n) is 5.43. The minimum absolute atomic E-state index is 0. The second-order valence-corrected chi connectivity index (χ2v) is 6.65. The minimum atomic E-state index is -0.0814. The quantitative estimate of drug-likeness (QED) is 0.872. The summed E-state index contributed by atoms with van der Waals surface area (Å²) in [6.07, 6.45) is 6.00. The van der Waals surface area contributed by atoms with Gasteiger partial charge in [-0.1, -0.05) is 5.21 Å². The smallest absolute Gasteiger partial charge is 0.273 e. The van der Waals surface area contributed by atoms with Gasteiger partial charge in [-0.3, -0.25) is 4.79 Å². The summed E-state index contributed by atoms with van der Waals surface area (Å²) in [6.45, 7) is 2.01. The van der Waals surface area contributed by atoms with Crippen molar-refractivity contribution in [1.82, 2.24) is 25.6 Å². The Labute approximate surface area is 135 Å². The van der Waals surface area contributed by atoms with E-state index >= 15 is 0 Å². The van der Waals surface area contributed by atoms with Crippen LogP contribution in [0.4, 0.5) is 0 Å². The summed E-state index contributed by atoms with van der Waals surface area (Å²) in [5.74, 6) is 2.18. The van der Waals surface area contributed by atoms with Crippen molar-refractivity contribution >= 4 is 30.1 Å². The Morgan fingerprint density at radius 3 is 2.71 bits per heavy atom. The molecule has 0 bridgehead atoms. The van der Waals surface area contributed by atoms with Crippen LogP contribution in [0.5, 0.6) is 0 Å². The van der Waals surface area contributed by atoms with E-state index in [1.54, 1.807) is 6.20 Å². The summed E-state index contributed by atoms with van der Waals surface area (Å²) in [7, 11) is 0. The first-order valence-corrected chi connectivity index (χ1v) is 8.49. The fourth-order valence-corrected chi connectivity index (χ4v) is 3.84. The first kappa shape index (κ1) is 16.6. The largest absolute Gasteiger partial charge is 0.348 e. The molecule has 2 aliphatic rings. The highest BCUT2D eigenvalue weighted by atomic mass is 35.5. The van der Waals surface area contributed by atoms with Crippen molar-refractivity contribution < 1.29 is 4.79 Å². The molecular formula is C13H22ClN5OS. The molecule has 0 unspecified atom stereocenters. The lowest BCUT2D eigenvalue weighted by Gasteiger charge is -2.22. The van der Waals surface area contributed by atoms with Gasteiger partial charge in [-0.05, 0) is 50.3 Å². The monoisotopic (exact) mass is 331 g/mol. The molecule has 0 atom stereocenters. The van der Waals surface area contributed by atoms with Gasteiger partial charge in [-0.15, -0.1) is 17.5 Å². The molecule has 2 saturated heterocycles. The zero-order valence-corrected chi connectivity index (χ0v) is 13.6. The molecule has 0 radical (unpaired) electrons. The first-order chi connectivity index (χ1) is 9.83. The number of carbonyl (C=O) groups excluding carboxylic acids is 1. The van der Waals surface area contributed by atoms with Gasteiger partial charge in [0, 0.05) is 6.04 Å². The zero-order valence-electron chi connectivity index (χ0n) is 12.0. The highest BCUT2D eigenvalue weighted by Gasteiger charge is 2.21. The van der Waals surface area contributed by atoms with E-state index in [9.17, 15) is 4.79 Å². The summed E-state index contributed by atoms with van der Waals surface area (Å²) in [6, 6.07) is 0.671. The van der Waals surface area contributed by atoms with Crippen molar-refractivity contribution in [2.24, 2.45) is 0 Å². The molecule has 1 aromatic rings. The van der Waals surface area contributed by atoms with E-state index in [1.165, 1.54) is 0 Å². The van der Waals surface area contributed by atoms with E-state index in [1.807, 2.05) is 16.4 Å². The number of piperidine rings is 1. The molecule has 2 fully saturated rings. The number of nitrogens with zero attached hydrogens (tertiary/aromatic N) is 3. The van der Waals surface area contributed by atoms with Crippen LogP contribution < -0.4 is 10.6 Å². The van der Waals surface area contributed by atoms with Crippen LogP contribution in [0.15, 0.2) is 6.20 Å². The third kappa shape index (κ3) is 4.34. The van der Waals surface area contributed by atoms with E-state index in [4.69, 9.17) is 0 Å². The third-order valence-electron chi connectivity index (χ3n) is 3.98. The molecule has 8 heteroatoms. The first-order valence-electron chi connectivity index (χ1n) is 7.34. The van der Waals surface area contributed by atoms with Crippen molar-refractivity contribution in [3.8, 4) is 0 Å². The van der Waals surface area contributed by atoms with Gasteiger partial charge in [0.2, 0.25) is 0 Å². The van der Waals surface area contributed by atoms with Crippen molar-refractivity contribution in [2.75, 3.05) is 24.6 Å². The number of hydrogen-bond acceptors (Lipinski definition) is 5. The molecule has 0 spiro atoms. The van der Waals surface area contributed by atoms with Gasteiger partial charge >= 0.3 is 0 Å². The van der Waals surface area contributed by atoms with Crippen molar-refractivity contribution in [3.63, 3.8) is 0 Å². The maximum absolute atomic E-state index is 12.2. The summed E-state index contributed by atoms with van der Waals surface area (Å²) >= 11 is 1.96. The number of halogens is 1. The molecule has 21 heavy (non-hydrogen) atoms. The summed E-state index contributed by atoms with van der Waals surface area (Å²) in [5, 5.41) is 14.6. The van der Waals surface area contributed by atoms with Crippen molar-refractivity contribution in [1.29, 1.82) is 0 Å². The topological polar surface area (TPSA) is 71.8 Å². The van der Waals surface area contributed by atoms with Crippen molar-refractivity contribution in [2.45, 2.75) is 37.8 Å². The molecule has 2 N–H and O–H groups in total. The van der Waals surface area contributed by atoms with Gasteiger partial charge in [-0.2, -0.15) is 11.8 Å². The molecule has 3 heterocycles. The average Bonchev–Trinajstić information content (AvgIpc) is 2.99. The van der Waals surface area contributed by atoms with Crippen LogP contribution in [0.25, 0.3) is 0 Å². The lowest BCUT2D eigenvalue weighted by Crippen LogP contribution is -2.37. The fraction of sp³-hybridized carbons (Fsp3) is 0.769. The van der Waals surface area contributed by atoms with Gasteiger partial charge in [0.15, 0.2) is 5.69 Å². The molecular weight excluding hydrogens is 310 g/mol. The van der Waals surface area contributed by atoms with Crippen LogP contribution >= 0.6 is 24.2 Å². The molecule has 2 aliphatic heterocycles. The second kappa shape index (κ2) is 8.00. The lowest BCUT2D eigenvalue weighted by atomic mass is 10.1. The van der Waals surface area contributed by atoms with Crippen molar-refractivity contribution in [3.05, 3.63) is 11.9 Å². The normalized spacial score (nSPS) is 20.8. The SMILES string of the molecule is Cl.O=C(NC1CCSCC1)c1cn(C2CCNCC2)nn1. The molecule has 1 aromatic heterocycles. The van der Waals surface area contributed by atoms with Gasteiger partial charge in [-0.25, -0.2) is 4.68 Å². The van der Waals surface area contributed by atoms with E-state index in [0.29, 0.717) is 17.8 Å². The summed E-state index contributed by atoms with van der Waals surface area (Å²) in [4.78, 5) is 12.2. The maximum Gasteiger partial charge on any atom is 0.273 e. The number of aromatic nitrogens is 3. The number of rotatable bonds is 3. The van der Waals surface area contributed by atoms with Crippen LogP contribution in [0.1, 0.15) is 42.2 Å². The standard InChI is InChI=1S/C13H21N5OS.ClH/c19-13(15-10-3-7-20-8-4-10)12-9-18(17-16-12)11-1-5-14-6-2-11;/h9-11,14H,1-8H2,(H,15,19);1H.